The molecule has 0 radical (unpaired) electrons. The SMILES string of the molecule is CCCN(CC)CCC(CCN(CC)CCC)(CCN(CC)CCC)C[Si](C)(CC)OCC. The predicted octanol–water partition coefficient (Wildman–Crippen LogP) is 6.97. The standard InChI is InChI=1S/C28H63N3OSi/c1-10-21-29(13-4)24-18-28(19-25-30(14-5)22-11-2,20-26-31(15-6)23-12-3)27-33(9,17-8)32-16-7/h10-27H2,1-9H3. The van der Waals surface area contributed by atoms with Crippen LogP contribution < -0.4 is 0 Å². The van der Waals surface area contributed by atoms with E-state index >= 15 is 0 Å². The summed E-state index contributed by atoms with van der Waals surface area (Å²) in [5.41, 5.74) is 0.385. The Kier molecular flexibility index (Phi) is 19.3. The fourth-order valence-electron chi connectivity index (χ4n) is 5.48. The van der Waals surface area contributed by atoms with E-state index in [-0.39, 0.29) is 0 Å². The molecule has 0 spiro atoms. The van der Waals surface area contributed by atoms with Crippen molar-refractivity contribution in [3.63, 3.8) is 0 Å². The molecule has 0 aliphatic heterocycles. The zero-order valence-electron chi connectivity index (χ0n) is 24.5. The Labute approximate surface area is 210 Å². The van der Waals surface area contributed by atoms with Gasteiger partial charge in [0.25, 0.3) is 0 Å². The van der Waals surface area contributed by atoms with Gasteiger partial charge in [0.1, 0.15) is 0 Å². The van der Waals surface area contributed by atoms with Gasteiger partial charge in [0.15, 0.2) is 8.32 Å². The van der Waals surface area contributed by atoms with Crippen LogP contribution in [0.1, 0.15) is 93.9 Å². The Morgan fingerprint density at radius 2 is 0.939 bits per heavy atom. The highest BCUT2D eigenvalue weighted by Crippen LogP contribution is 2.42. The Bertz CT molecular complexity index is 405. The van der Waals surface area contributed by atoms with Gasteiger partial charge in [0, 0.05) is 6.61 Å². The van der Waals surface area contributed by atoms with Gasteiger partial charge in [-0.15, -0.1) is 0 Å². The monoisotopic (exact) mass is 485 g/mol. The number of hydrogen-bond acceptors (Lipinski definition) is 4. The first-order valence-electron chi connectivity index (χ1n) is 14.6. The zero-order valence-corrected chi connectivity index (χ0v) is 25.5. The Hall–Kier alpha value is 0.0569. The molecule has 0 heterocycles. The van der Waals surface area contributed by atoms with Gasteiger partial charge in [-0.1, -0.05) is 48.5 Å². The molecule has 1 unspecified atom stereocenters. The molecular weight excluding hydrogens is 422 g/mol. The van der Waals surface area contributed by atoms with Crippen molar-refractivity contribution in [3.8, 4) is 0 Å². The lowest BCUT2D eigenvalue weighted by Gasteiger charge is -2.43. The summed E-state index contributed by atoms with van der Waals surface area (Å²) < 4.78 is 6.57. The van der Waals surface area contributed by atoms with Gasteiger partial charge in [-0.25, -0.2) is 0 Å². The van der Waals surface area contributed by atoms with Crippen LogP contribution in [0, 0.1) is 5.41 Å². The van der Waals surface area contributed by atoms with E-state index in [9.17, 15) is 0 Å². The second-order valence-electron chi connectivity index (χ2n) is 10.5. The van der Waals surface area contributed by atoms with E-state index in [2.05, 4.69) is 76.6 Å². The third kappa shape index (κ3) is 13.7. The second kappa shape index (κ2) is 19.3. The summed E-state index contributed by atoms with van der Waals surface area (Å²) in [6.45, 7) is 32.9. The molecular formula is C28H63N3OSi. The van der Waals surface area contributed by atoms with E-state index in [0.29, 0.717) is 5.41 Å². The van der Waals surface area contributed by atoms with E-state index in [1.807, 2.05) is 0 Å². The van der Waals surface area contributed by atoms with E-state index in [1.165, 1.54) is 110 Å². The number of nitrogens with zero attached hydrogens (tertiary/aromatic N) is 3. The summed E-state index contributed by atoms with van der Waals surface area (Å²) in [6.07, 6.45) is 7.72. The molecule has 0 fully saturated rings. The van der Waals surface area contributed by atoms with Crippen molar-refractivity contribution in [1.82, 2.24) is 14.7 Å². The second-order valence-corrected chi connectivity index (χ2v) is 14.7. The molecule has 0 bridgehead atoms. The summed E-state index contributed by atoms with van der Waals surface area (Å²) in [5, 5.41) is 0. The highest BCUT2D eigenvalue weighted by molar-refractivity contribution is 6.72. The molecule has 0 N–H and O–H groups in total. The van der Waals surface area contributed by atoms with Crippen molar-refractivity contribution in [2.24, 2.45) is 5.41 Å². The normalized spacial score (nSPS) is 14.5. The van der Waals surface area contributed by atoms with Crippen molar-refractivity contribution in [1.29, 1.82) is 0 Å². The summed E-state index contributed by atoms with van der Waals surface area (Å²) in [6, 6.07) is 2.55. The summed E-state index contributed by atoms with van der Waals surface area (Å²) in [7, 11) is -1.72. The minimum Gasteiger partial charge on any atom is -0.417 e. The molecule has 0 aromatic carbocycles. The van der Waals surface area contributed by atoms with Crippen LogP contribution in [-0.2, 0) is 4.43 Å². The molecule has 200 valence electrons. The van der Waals surface area contributed by atoms with Gasteiger partial charge in [0.05, 0.1) is 0 Å². The van der Waals surface area contributed by atoms with Crippen molar-refractivity contribution in [2.45, 2.75) is 113 Å². The van der Waals surface area contributed by atoms with E-state index in [4.69, 9.17) is 4.43 Å². The highest BCUT2D eigenvalue weighted by Gasteiger charge is 2.40. The lowest BCUT2D eigenvalue weighted by Crippen LogP contribution is -2.45. The van der Waals surface area contributed by atoms with Crippen LogP contribution in [0.25, 0.3) is 0 Å². The molecule has 33 heavy (non-hydrogen) atoms. The lowest BCUT2D eigenvalue weighted by atomic mass is 9.79. The van der Waals surface area contributed by atoms with Crippen LogP contribution in [0.2, 0.25) is 18.6 Å². The van der Waals surface area contributed by atoms with Gasteiger partial charge in [-0.3, -0.25) is 0 Å². The number of hydrogen-bond donors (Lipinski definition) is 0. The summed E-state index contributed by atoms with van der Waals surface area (Å²) >= 11 is 0. The summed E-state index contributed by atoms with van der Waals surface area (Å²) in [4.78, 5) is 8.06. The van der Waals surface area contributed by atoms with E-state index in [1.54, 1.807) is 0 Å². The lowest BCUT2D eigenvalue weighted by molar-refractivity contribution is 0.133. The molecule has 0 aliphatic rings. The first kappa shape index (κ1) is 33.1. The van der Waals surface area contributed by atoms with Gasteiger partial charge in [0.2, 0.25) is 0 Å². The van der Waals surface area contributed by atoms with E-state index < -0.39 is 8.32 Å². The van der Waals surface area contributed by atoms with Crippen molar-refractivity contribution < 1.29 is 4.43 Å². The number of rotatable bonds is 23. The van der Waals surface area contributed by atoms with Crippen LogP contribution >= 0.6 is 0 Å². The largest absolute Gasteiger partial charge is 0.417 e. The van der Waals surface area contributed by atoms with Crippen LogP contribution in [0.4, 0.5) is 0 Å². The third-order valence-corrected chi connectivity index (χ3v) is 11.8. The van der Waals surface area contributed by atoms with Gasteiger partial charge in [-0.05, 0) is 128 Å². The highest BCUT2D eigenvalue weighted by atomic mass is 28.4. The molecule has 4 nitrogen and oxygen atoms in total. The Morgan fingerprint density at radius 1 is 0.576 bits per heavy atom. The average Bonchev–Trinajstić information content (AvgIpc) is 2.82. The smallest absolute Gasteiger partial charge is 0.190 e. The molecule has 0 rings (SSSR count). The van der Waals surface area contributed by atoms with Crippen molar-refractivity contribution in [3.05, 3.63) is 0 Å². The van der Waals surface area contributed by atoms with E-state index in [0.717, 1.165) is 6.61 Å². The molecule has 0 saturated heterocycles. The summed E-state index contributed by atoms with van der Waals surface area (Å²) in [5.74, 6) is 0. The first-order chi connectivity index (χ1) is 15.8. The van der Waals surface area contributed by atoms with Crippen LogP contribution in [0.5, 0.6) is 0 Å². The van der Waals surface area contributed by atoms with Crippen molar-refractivity contribution in [2.75, 3.05) is 65.5 Å². The maximum Gasteiger partial charge on any atom is 0.190 e. The van der Waals surface area contributed by atoms with Crippen LogP contribution in [-0.4, -0.2) is 88.5 Å². The molecule has 0 amide bonds. The van der Waals surface area contributed by atoms with Crippen molar-refractivity contribution >= 4 is 8.32 Å². The molecule has 0 saturated carbocycles. The zero-order chi connectivity index (χ0) is 25.2. The van der Waals surface area contributed by atoms with Gasteiger partial charge in [-0.2, -0.15) is 0 Å². The average molecular weight is 486 g/mol. The molecule has 0 aromatic rings. The predicted molar refractivity (Wildman–Crippen MR) is 152 cm³/mol. The third-order valence-electron chi connectivity index (χ3n) is 7.83. The minimum atomic E-state index is -1.72. The maximum atomic E-state index is 6.57. The maximum absolute atomic E-state index is 6.57. The first-order valence-corrected chi connectivity index (χ1v) is 17.4. The van der Waals surface area contributed by atoms with Gasteiger partial charge >= 0.3 is 0 Å². The van der Waals surface area contributed by atoms with Gasteiger partial charge < -0.3 is 19.1 Å². The molecule has 1 atom stereocenters. The minimum absolute atomic E-state index is 0.385. The fraction of sp³-hybridized carbons (Fsp3) is 1.00. The fourth-order valence-corrected chi connectivity index (χ4v) is 8.85. The Morgan fingerprint density at radius 3 is 1.18 bits per heavy atom. The molecule has 0 aliphatic carbocycles. The molecule has 0 aromatic heterocycles. The topological polar surface area (TPSA) is 19.0 Å². The molecule has 5 heteroatoms. The van der Waals surface area contributed by atoms with Crippen LogP contribution in [0.3, 0.4) is 0 Å². The quantitative estimate of drug-likeness (QED) is 0.145. The van der Waals surface area contributed by atoms with Crippen LogP contribution in [0.15, 0.2) is 0 Å². The Balaban J connectivity index is 5.92.